The first-order valence-electron chi connectivity index (χ1n) is 9.66. The van der Waals surface area contributed by atoms with E-state index in [9.17, 15) is 18.0 Å². The van der Waals surface area contributed by atoms with Gasteiger partial charge in [-0.25, -0.2) is 8.42 Å². The number of rotatable bonds is 7. The van der Waals surface area contributed by atoms with Crippen LogP contribution in [0.25, 0.3) is 0 Å². The van der Waals surface area contributed by atoms with Gasteiger partial charge in [0.15, 0.2) is 0 Å². The van der Waals surface area contributed by atoms with Gasteiger partial charge in [0.25, 0.3) is 0 Å². The van der Waals surface area contributed by atoms with Gasteiger partial charge >= 0.3 is 0 Å². The Morgan fingerprint density at radius 2 is 1.90 bits per heavy atom. The number of hydrogen-bond acceptors (Lipinski definition) is 5. The molecule has 0 aromatic heterocycles. The largest absolute Gasteiger partial charge is 0.495 e. The van der Waals surface area contributed by atoms with Crippen LogP contribution in [0.2, 0.25) is 5.02 Å². The van der Waals surface area contributed by atoms with Crippen LogP contribution in [0.3, 0.4) is 0 Å². The summed E-state index contributed by atoms with van der Waals surface area (Å²) in [5.74, 6) is -0.0396. The number of hydrogen-bond donors (Lipinski definition) is 1. The second-order valence-electron chi connectivity index (χ2n) is 7.24. The molecule has 2 amide bonds. The van der Waals surface area contributed by atoms with E-state index in [1.165, 1.54) is 26.2 Å². The number of carbonyl (C=O) groups is 2. The number of methoxy groups -OCH3 is 1. The first kappa shape index (κ1) is 22.9. The maximum atomic E-state index is 12.8. The van der Waals surface area contributed by atoms with Gasteiger partial charge in [-0.3, -0.25) is 13.9 Å². The topological polar surface area (TPSA) is 96.0 Å². The Balaban J connectivity index is 1.79. The summed E-state index contributed by atoms with van der Waals surface area (Å²) < 4.78 is 31.0. The molecule has 1 fully saturated rings. The summed E-state index contributed by atoms with van der Waals surface area (Å²) in [6.45, 7) is 2.17. The summed E-state index contributed by atoms with van der Waals surface area (Å²) in [5.41, 5.74) is 1.51. The number of ether oxygens (including phenoxy) is 1. The van der Waals surface area contributed by atoms with Crippen LogP contribution in [0, 0.1) is 0 Å². The second kappa shape index (κ2) is 9.15. The van der Waals surface area contributed by atoms with Crippen molar-refractivity contribution in [2.75, 3.05) is 34.4 Å². The number of halogens is 1. The number of carbonyl (C=O) groups excluding carboxylic acids is 2. The van der Waals surface area contributed by atoms with E-state index in [0.717, 1.165) is 22.7 Å². The smallest absolute Gasteiger partial charge is 0.247 e. The van der Waals surface area contributed by atoms with Gasteiger partial charge in [0.1, 0.15) is 11.8 Å². The van der Waals surface area contributed by atoms with Crippen molar-refractivity contribution < 1.29 is 22.7 Å². The first-order chi connectivity index (χ1) is 14.6. The lowest BCUT2D eigenvalue weighted by Crippen LogP contribution is -2.45. The monoisotopic (exact) mass is 465 g/mol. The molecule has 1 saturated heterocycles. The molecular weight excluding hydrogens is 442 g/mol. The van der Waals surface area contributed by atoms with Crippen molar-refractivity contribution in [2.24, 2.45) is 0 Å². The highest BCUT2D eigenvalue weighted by molar-refractivity contribution is 7.92. The van der Waals surface area contributed by atoms with Gasteiger partial charge in [-0.05, 0) is 55.8 Å². The molecule has 2 aromatic rings. The van der Waals surface area contributed by atoms with Gasteiger partial charge in [-0.15, -0.1) is 0 Å². The maximum absolute atomic E-state index is 12.8. The summed E-state index contributed by atoms with van der Waals surface area (Å²) in [5, 5.41) is 2.95. The van der Waals surface area contributed by atoms with Gasteiger partial charge in [-0.1, -0.05) is 11.6 Å². The molecule has 0 unspecified atom stereocenters. The van der Waals surface area contributed by atoms with Crippen LogP contribution in [-0.4, -0.2) is 46.2 Å². The summed E-state index contributed by atoms with van der Waals surface area (Å²) in [6.07, 6.45) is 2.38. The van der Waals surface area contributed by atoms with Gasteiger partial charge in [-0.2, -0.15) is 0 Å². The van der Waals surface area contributed by atoms with Crippen molar-refractivity contribution in [2.45, 2.75) is 25.8 Å². The highest BCUT2D eigenvalue weighted by atomic mass is 35.5. The molecule has 10 heteroatoms. The zero-order valence-corrected chi connectivity index (χ0v) is 19.0. The number of anilines is 3. The van der Waals surface area contributed by atoms with E-state index in [2.05, 4.69) is 5.32 Å². The highest BCUT2D eigenvalue weighted by Gasteiger charge is 2.30. The molecule has 1 aliphatic rings. The second-order valence-corrected chi connectivity index (χ2v) is 9.51. The van der Waals surface area contributed by atoms with Crippen molar-refractivity contribution in [3.63, 3.8) is 0 Å². The number of benzene rings is 2. The maximum Gasteiger partial charge on any atom is 0.247 e. The molecule has 1 N–H and O–H groups in total. The Bertz CT molecular complexity index is 1090. The third kappa shape index (κ3) is 5.11. The number of nitrogens with zero attached hydrogens (tertiary/aromatic N) is 2. The fourth-order valence-electron chi connectivity index (χ4n) is 3.49. The van der Waals surface area contributed by atoms with Crippen LogP contribution in [0.4, 0.5) is 17.1 Å². The number of nitrogens with one attached hydrogen (secondary N) is 1. The molecule has 0 radical (unpaired) electrons. The Hall–Kier alpha value is -2.78. The minimum atomic E-state index is -3.79. The molecule has 0 saturated carbocycles. The van der Waals surface area contributed by atoms with E-state index in [1.807, 2.05) is 0 Å². The lowest BCUT2D eigenvalue weighted by Gasteiger charge is -2.28. The van der Waals surface area contributed by atoms with Crippen molar-refractivity contribution in [1.82, 2.24) is 0 Å². The number of sulfonamides is 1. The van der Waals surface area contributed by atoms with Crippen LogP contribution in [-0.2, 0) is 19.6 Å². The predicted molar refractivity (Wildman–Crippen MR) is 121 cm³/mol. The van der Waals surface area contributed by atoms with Gasteiger partial charge in [0, 0.05) is 24.3 Å². The van der Waals surface area contributed by atoms with E-state index in [1.54, 1.807) is 35.2 Å². The van der Waals surface area contributed by atoms with E-state index < -0.39 is 22.0 Å². The molecule has 8 nitrogen and oxygen atoms in total. The Morgan fingerprint density at radius 3 is 2.42 bits per heavy atom. The summed E-state index contributed by atoms with van der Waals surface area (Å²) in [7, 11) is -2.33. The molecule has 1 atom stereocenters. The van der Waals surface area contributed by atoms with Crippen molar-refractivity contribution >= 4 is 50.5 Å². The molecule has 0 spiro atoms. The van der Waals surface area contributed by atoms with Gasteiger partial charge in [0.2, 0.25) is 21.8 Å². The van der Waals surface area contributed by atoms with Crippen LogP contribution >= 0.6 is 11.6 Å². The Labute approximate surface area is 186 Å². The molecule has 31 heavy (non-hydrogen) atoms. The Kier molecular flexibility index (Phi) is 6.76. The number of amides is 2. The summed E-state index contributed by atoms with van der Waals surface area (Å²) >= 11 is 6.14. The zero-order chi connectivity index (χ0) is 22.8. The van der Waals surface area contributed by atoms with Crippen LogP contribution in [0.1, 0.15) is 19.8 Å². The van der Waals surface area contributed by atoms with Crippen LogP contribution in [0.5, 0.6) is 5.75 Å². The van der Waals surface area contributed by atoms with Crippen LogP contribution < -0.4 is 19.3 Å². The third-order valence-electron chi connectivity index (χ3n) is 5.00. The highest BCUT2D eigenvalue weighted by Crippen LogP contribution is 2.31. The normalized spacial score (nSPS) is 15.0. The minimum absolute atomic E-state index is 0.0763. The Morgan fingerprint density at radius 1 is 1.23 bits per heavy atom. The lowest BCUT2D eigenvalue weighted by molar-refractivity contribution is -0.117. The van der Waals surface area contributed by atoms with Crippen molar-refractivity contribution in [3.05, 3.63) is 47.5 Å². The quantitative estimate of drug-likeness (QED) is 0.677. The fraction of sp³-hybridized carbons (Fsp3) is 0.333. The molecule has 2 aromatic carbocycles. The standard InChI is InChI=1S/C21H24ClN3O5S/c1-14(25(31(3,28)29)17-10-11-19(30-2)18(22)13-17)21(27)23-15-6-8-16(9-7-15)24-12-4-5-20(24)26/h6-11,13-14H,4-5,12H2,1-3H3,(H,23,27)/t14-/m1/s1. The third-order valence-corrected chi connectivity index (χ3v) is 6.54. The lowest BCUT2D eigenvalue weighted by atomic mass is 10.2. The molecule has 1 heterocycles. The molecular formula is C21H24ClN3O5S. The van der Waals surface area contributed by atoms with E-state index >= 15 is 0 Å². The van der Waals surface area contributed by atoms with E-state index in [0.29, 0.717) is 24.4 Å². The molecule has 0 bridgehead atoms. The van der Waals surface area contributed by atoms with E-state index in [-0.39, 0.29) is 16.6 Å². The molecule has 3 rings (SSSR count). The average Bonchev–Trinajstić information content (AvgIpc) is 3.13. The zero-order valence-electron chi connectivity index (χ0n) is 17.5. The van der Waals surface area contributed by atoms with Gasteiger partial charge < -0.3 is 15.0 Å². The summed E-state index contributed by atoms with van der Waals surface area (Å²) in [6, 6.07) is 10.3. The van der Waals surface area contributed by atoms with Gasteiger partial charge in [0.05, 0.1) is 24.1 Å². The van der Waals surface area contributed by atoms with Crippen LogP contribution in [0.15, 0.2) is 42.5 Å². The molecule has 166 valence electrons. The average molecular weight is 466 g/mol. The van der Waals surface area contributed by atoms with Crippen molar-refractivity contribution in [3.8, 4) is 5.75 Å². The predicted octanol–water partition coefficient (Wildman–Crippen LogP) is 3.27. The SMILES string of the molecule is COc1ccc(N([C@H](C)C(=O)Nc2ccc(N3CCCC3=O)cc2)S(C)(=O)=O)cc1Cl. The summed E-state index contributed by atoms with van der Waals surface area (Å²) in [4.78, 5) is 26.4. The minimum Gasteiger partial charge on any atom is -0.495 e. The fourth-order valence-corrected chi connectivity index (χ4v) is 4.91. The molecule has 0 aliphatic carbocycles. The first-order valence-corrected chi connectivity index (χ1v) is 11.9. The van der Waals surface area contributed by atoms with E-state index in [4.69, 9.17) is 16.3 Å². The van der Waals surface area contributed by atoms with Crippen molar-refractivity contribution in [1.29, 1.82) is 0 Å². The molecule has 1 aliphatic heterocycles.